The average Bonchev–Trinajstić information content (AvgIpc) is 2.53. The summed E-state index contributed by atoms with van der Waals surface area (Å²) >= 11 is 0. The summed E-state index contributed by atoms with van der Waals surface area (Å²) in [5, 5.41) is 10.6. The van der Waals surface area contributed by atoms with Gasteiger partial charge in [0.15, 0.2) is 0 Å². The van der Waals surface area contributed by atoms with Gasteiger partial charge in [-0.25, -0.2) is 13.1 Å². The highest BCUT2D eigenvalue weighted by Gasteiger charge is 2.13. The number of benzene rings is 2. The van der Waals surface area contributed by atoms with Crippen molar-refractivity contribution in [1.29, 1.82) is 0 Å². The van der Waals surface area contributed by atoms with E-state index in [0.717, 1.165) is 5.56 Å². The monoisotopic (exact) mass is 364 g/mol. The number of nitro benzene ring substituents is 1. The van der Waals surface area contributed by atoms with E-state index in [1.807, 2.05) is 26.0 Å². The van der Waals surface area contributed by atoms with Gasteiger partial charge < -0.3 is 4.74 Å². The molecule has 0 bridgehead atoms. The second kappa shape index (κ2) is 8.09. The fourth-order valence-corrected chi connectivity index (χ4v) is 3.30. The summed E-state index contributed by atoms with van der Waals surface area (Å²) in [7, 11) is -3.56. The average molecular weight is 364 g/mol. The Hall–Kier alpha value is -2.45. The minimum Gasteiger partial charge on any atom is -0.491 e. The molecule has 0 radical (unpaired) electrons. The number of hydrogen-bond donors (Lipinski definition) is 1. The molecule has 8 heteroatoms. The molecule has 0 fully saturated rings. The van der Waals surface area contributed by atoms with E-state index < -0.39 is 14.9 Å². The van der Waals surface area contributed by atoms with E-state index in [-0.39, 0.29) is 24.1 Å². The maximum Gasteiger partial charge on any atom is 0.269 e. The van der Waals surface area contributed by atoms with Gasteiger partial charge in [0.25, 0.3) is 5.69 Å². The molecule has 1 N–H and O–H groups in total. The van der Waals surface area contributed by atoms with Crippen LogP contribution in [0.2, 0.25) is 0 Å². The molecule has 0 aromatic heterocycles. The molecule has 0 atom stereocenters. The SMILES string of the molecule is CC(C)Oc1cccc(CNS(=O)(=O)Cc2ccc([N+](=O)[O-])cc2)c1. The standard InChI is InChI=1S/C17H20N2O5S/c1-13(2)24-17-5-3-4-15(10-17)11-18-25(22,23)12-14-6-8-16(9-7-14)19(20)21/h3-10,13,18H,11-12H2,1-2H3. The summed E-state index contributed by atoms with van der Waals surface area (Å²) in [6, 6.07) is 12.7. The zero-order valence-corrected chi connectivity index (χ0v) is 14.8. The second-order valence-electron chi connectivity index (χ2n) is 5.82. The molecule has 7 nitrogen and oxygen atoms in total. The molecule has 0 saturated heterocycles. The Labute approximate surface area is 146 Å². The smallest absolute Gasteiger partial charge is 0.269 e. The molecule has 0 aliphatic rings. The van der Waals surface area contributed by atoms with Gasteiger partial charge in [-0.1, -0.05) is 24.3 Å². The van der Waals surface area contributed by atoms with Gasteiger partial charge in [-0.2, -0.15) is 0 Å². The van der Waals surface area contributed by atoms with Gasteiger partial charge in [0.05, 0.1) is 16.8 Å². The van der Waals surface area contributed by atoms with Gasteiger partial charge >= 0.3 is 0 Å². The van der Waals surface area contributed by atoms with Crippen LogP contribution in [0.25, 0.3) is 0 Å². The van der Waals surface area contributed by atoms with Crippen LogP contribution in [0.3, 0.4) is 0 Å². The van der Waals surface area contributed by atoms with Crippen molar-refractivity contribution >= 4 is 15.7 Å². The fraction of sp³-hybridized carbons (Fsp3) is 0.294. The summed E-state index contributed by atoms with van der Waals surface area (Å²) in [5.74, 6) is 0.440. The lowest BCUT2D eigenvalue weighted by Gasteiger charge is -2.11. The van der Waals surface area contributed by atoms with Crippen LogP contribution in [0.5, 0.6) is 5.75 Å². The van der Waals surface area contributed by atoms with Crippen LogP contribution in [-0.2, 0) is 22.3 Å². The van der Waals surface area contributed by atoms with Crippen LogP contribution in [0.15, 0.2) is 48.5 Å². The number of nitrogens with one attached hydrogen (secondary N) is 1. The Balaban J connectivity index is 1.98. The number of nitrogens with zero attached hydrogens (tertiary/aromatic N) is 1. The second-order valence-corrected chi connectivity index (χ2v) is 7.62. The van der Waals surface area contributed by atoms with E-state index in [0.29, 0.717) is 11.3 Å². The number of non-ortho nitro benzene ring substituents is 1. The van der Waals surface area contributed by atoms with Crippen LogP contribution >= 0.6 is 0 Å². The molecule has 25 heavy (non-hydrogen) atoms. The van der Waals surface area contributed by atoms with Crippen molar-refractivity contribution in [3.05, 3.63) is 69.8 Å². The summed E-state index contributed by atoms with van der Waals surface area (Å²) in [5.41, 5.74) is 1.19. The molecule has 0 unspecified atom stereocenters. The molecular weight excluding hydrogens is 344 g/mol. The summed E-state index contributed by atoms with van der Waals surface area (Å²) in [6.07, 6.45) is 0.0362. The van der Waals surface area contributed by atoms with E-state index >= 15 is 0 Å². The van der Waals surface area contributed by atoms with Crippen LogP contribution in [0.4, 0.5) is 5.69 Å². The molecule has 2 aromatic rings. The lowest BCUT2D eigenvalue weighted by atomic mass is 10.2. The van der Waals surface area contributed by atoms with Gasteiger partial charge in [-0.3, -0.25) is 10.1 Å². The Morgan fingerprint density at radius 2 is 1.80 bits per heavy atom. The topological polar surface area (TPSA) is 98.5 Å². The summed E-state index contributed by atoms with van der Waals surface area (Å²) in [6.45, 7) is 3.98. The Bertz CT molecular complexity index is 832. The summed E-state index contributed by atoms with van der Waals surface area (Å²) < 4.78 is 32.5. The zero-order chi connectivity index (χ0) is 18.4. The lowest BCUT2D eigenvalue weighted by Crippen LogP contribution is -2.24. The minimum atomic E-state index is -3.56. The Morgan fingerprint density at radius 3 is 2.40 bits per heavy atom. The first kappa shape index (κ1) is 18.9. The highest BCUT2D eigenvalue weighted by atomic mass is 32.2. The first-order valence-electron chi connectivity index (χ1n) is 7.71. The van der Waals surface area contributed by atoms with Crippen LogP contribution in [0, 0.1) is 10.1 Å². The van der Waals surface area contributed by atoms with E-state index in [1.54, 1.807) is 12.1 Å². The molecule has 134 valence electrons. The van der Waals surface area contributed by atoms with E-state index in [4.69, 9.17) is 4.74 Å². The van der Waals surface area contributed by atoms with Crippen molar-refractivity contribution in [2.75, 3.05) is 0 Å². The highest BCUT2D eigenvalue weighted by Crippen LogP contribution is 2.16. The van der Waals surface area contributed by atoms with E-state index in [1.165, 1.54) is 24.3 Å². The number of nitro groups is 1. The van der Waals surface area contributed by atoms with Crippen molar-refractivity contribution < 1.29 is 18.1 Å². The van der Waals surface area contributed by atoms with Crippen LogP contribution in [0.1, 0.15) is 25.0 Å². The van der Waals surface area contributed by atoms with Gasteiger partial charge in [-0.15, -0.1) is 0 Å². The number of sulfonamides is 1. The van der Waals surface area contributed by atoms with Gasteiger partial charge in [0.1, 0.15) is 5.75 Å². The molecule has 0 aliphatic carbocycles. The molecule has 0 spiro atoms. The number of hydrogen-bond acceptors (Lipinski definition) is 5. The Morgan fingerprint density at radius 1 is 1.12 bits per heavy atom. The Kier molecular flexibility index (Phi) is 6.11. The molecule has 0 saturated carbocycles. The molecule has 0 amide bonds. The molecule has 0 heterocycles. The quantitative estimate of drug-likeness (QED) is 0.573. The first-order chi connectivity index (χ1) is 11.7. The first-order valence-corrected chi connectivity index (χ1v) is 9.37. The normalized spacial score (nSPS) is 11.5. The van der Waals surface area contributed by atoms with Gasteiger partial charge in [0, 0.05) is 18.7 Å². The predicted molar refractivity (Wildman–Crippen MR) is 94.8 cm³/mol. The predicted octanol–water partition coefficient (Wildman–Crippen LogP) is 3.00. The highest BCUT2D eigenvalue weighted by molar-refractivity contribution is 7.88. The molecule has 2 aromatic carbocycles. The maximum absolute atomic E-state index is 12.2. The molecule has 0 aliphatic heterocycles. The minimum absolute atomic E-state index is 0.0362. The van der Waals surface area contributed by atoms with Crippen molar-refractivity contribution in [3.63, 3.8) is 0 Å². The van der Waals surface area contributed by atoms with Gasteiger partial charge in [0.2, 0.25) is 10.0 Å². The number of rotatable bonds is 8. The van der Waals surface area contributed by atoms with Crippen molar-refractivity contribution in [1.82, 2.24) is 4.72 Å². The van der Waals surface area contributed by atoms with Gasteiger partial charge in [-0.05, 0) is 37.1 Å². The number of ether oxygens (including phenoxy) is 1. The third kappa shape index (κ3) is 6.17. The zero-order valence-electron chi connectivity index (χ0n) is 14.0. The fourth-order valence-electron chi connectivity index (χ4n) is 2.18. The largest absolute Gasteiger partial charge is 0.491 e. The van der Waals surface area contributed by atoms with E-state index in [9.17, 15) is 18.5 Å². The third-order valence-electron chi connectivity index (χ3n) is 3.27. The van der Waals surface area contributed by atoms with Crippen LogP contribution in [-0.4, -0.2) is 19.4 Å². The molecular formula is C17H20N2O5S. The lowest BCUT2D eigenvalue weighted by molar-refractivity contribution is -0.384. The van der Waals surface area contributed by atoms with Crippen molar-refractivity contribution in [3.8, 4) is 5.75 Å². The third-order valence-corrected chi connectivity index (χ3v) is 4.57. The van der Waals surface area contributed by atoms with Crippen LogP contribution < -0.4 is 9.46 Å². The van der Waals surface area contributed by atoms with Crippen molar-refractivity contribution in [2.24, 2.45) is 0 Å². The molecule has 2 rings (SSSR count). The van der Waals surface area contributed by atoms with E-state index in [2.05, 4.69) is 4.72 Å². The summed E-state index contributed by atoms with van der Waals surface area (Å²) in [4.78, 5) is 10.1. The van der Waals surface area contributed by atoms with Crippen molar-refractivity contribution in [2.45, 2.75) is 32.2 Å². The maximum atomic E-state index is 12.2.